The fourth-order valence-corrected chi connectivity index (χ4v) is 2.61. The Morgan fingerprint density at radius 3 is 2.68 bits per heavy atom. The lowest BCUT2D eigenvalue weighted by Crippen LogP contribution is -1.89. The molecule has 0 fully saturated rings. The third-order valence-corrected chi connectivity index (χ3v) is 3.54. The van der Waals surface area contributed by atoms with E-state index in [1.165, 1.54) is 10.8 Å². The number of benzene rings is 2. The molecule has 0 aliphatic rings. The summed E-state index contributed by atoms with van der Waals surface area (Å²) < 4.78 is 1.93. The van der Waals surface area contributed by atoms with Gasteiger partial charge < -0.3 is 4.98 Å². The van der Waals surface area contributed by atoms with Crippen molar-refractivity contribution in [2.45, 2.75) is 0 Å². The molecule has 0 bridgehead atoms. The number of hydrogen-bond acceptors (Lipinski definition) is 1. The van der Waals surface area contributed by atoms with Gasteiger partial charge in [0.1, 0.15) is 5.69 Å². The molecule has 92 valence electrons. The first kappa shape index (κ1) is 10.4. The smallest absolute Gasteiger partial charge is 0.116 e. The van der Waals surface area contributed by atoms with Crippen molar-refractivity contribution < 1.29 is 0 Å². The van der Waals surface area contributed by atoms with Gasteiger partial charge in [-0.3, -0.25) is 4.68 Å². The van der Waals surface area contributed by atoms with Crippen molar-refractivity contribution in [1.29, 1.82) is 0 Å². The van der Waals surface area contributed by atoms with Crippen molar-refractivity contribution in [3.05, 3.63) is 54.6 Å². The summed E-state index contributed by atoms with van der Waals surface area (Å²) in [6.07, 6.45) is 0. The first-order valence-electron chi connectivity index (χ1n) is 6.33. The van der Waals surface area contributed by atoms with Crippen LogP contribution in [0.2, 0.25) is 0 Å². The van der Waals surface area contributed by atoms with Gasteiger partial charge in [0.2, 0.25) is 0 Å². The topological polar surface area (TPSA) is 33.6 Å². The molecule has 0 spiro atoms. The number of aryl methyl sites for hydroxylation is 1. The third kappa shape index (κ3) is 1.48. The second-order valence-corrected chi connectivity index (χ2v) is 4.76. The molecular weight excluding hydrogens is 234 g/mol. The van der Waals surface area contributed by atoms with E-state index in [2.05, 4.69) is 52.5 Å². The molecule has 0 atom stereocenters. The molecule has 2 aromatic heterocycles. The Labute approximate surface area is 110 Å². The van der Waals surface area contributed by atoms with Crippen LogP contribution < -0.4 is 0 Å². The van der Waals surface area contributed by atoms with Gasteiger partial charge in [-0.15, -0.1) is 0 Å². The normalized spacial score (nSPS) is 11.4. The Morgan fingerprint density at radius 2 is 1.79 bits per heavy atom. The molecule has 0 amide bonds. The molecule has 4 aromatic rings. The number of hydrogen-bond donors (Lipinski definition) is 1. The minimum atomic E-state index is 1.01. The van der Waals surface area contributed by atoms with Crippen molar-refractivity contribution >= 4 is 21.8 Å². The van der Waals surface area contributed by atoms with Crippen LogP contribution in [0, 0.1) is 0 Å². The molecule has 3 heteroatoms. The van der Waals surface area contributed by atoms with Crippen molar-refractivity contribution in [2.24, 2.45) is 7.05 Å². The average molecular weight is 247 g/mol. The lowest BCUT2D eigenvalue weighted by Gasteiger charge is -1.92. The minimum absolute atomic E-state index is 1.01. The summed E-state index contributed by atoms with van der Waals surface area (Å²) in [6.45, 7) is 0. The zero-order chi connectivity index (χ0) is 12.8. The number of rotatable bonds is 1. The minimum Gasteiger partial charge on any atom is -0.353 e. The highest BCUT2D eigenvalue weighted by atomic mass is 15.3. The van der Waals surface area contributed by atoms with Crippen molar-refractivity contribution in [2.75, 3.05) is 0 Å². The third-order valence-electron chi connectivity index (χ3n) is 3.54. The Bertz CT molecular complexity index is 850. The lowest BCUT2D eigenvalue weighted by atomic mass is 10.1. The number of fused-ring (bicyclic) bond motifs is 2. The molecule has 0 unspecified atom stereocenters. The van der Waals surface area contributed by atoms with E-state index in [0.29, 0.717) is 0 Å². The Kier molecular flexibility index (Phi) is 2.03. The van der Waals surface area contributed by atoms with Crippen LogP contribution in [0.3, 0.4) is 0 Å². The molecule has 0 saturated heterocycles. The van der Waals surface area contributed by atoms with E-state index < -0.39 is 0 Å². The lowest BCUT2D eigenvalue weighted by molar-refractivity contribution is 0.800. The maximum atomic E-state index is 4.64. The maximum Gasteiger partial charge on any atom is 0.116 e. The average Bonchev–Trinajstić information content (AvgIpc) is 3.01. The second-order valence-electron chi connectivity index (χ2n) is 4.76. The van der Waals surface area contributed by atoms with Gasteiger partial charge in [0.25, 0.3) is 0 Å². The quantitative estimate of drug-likeness (QED) is 0.546. The first-order chi connectivity index (χ1) is 9.33. The van der Waals surface area contributed by atoms with Gasteiger partial charge in [0.15, 0.2) is 0 Å². The first-order valence-corrected chi connectivity index (χ1v) is 6.33. The summed E-state index contributed by atoms with van der Waals surface area (Å²) in [6, 6.07) is 18.7. The zero-order valence-corrected chi connectivity index (χ0v) is 10.6. The van der Waals surface area contributed by atoms with Gasteiger partial charge >= 0.3 is 0 Å². The van der Waals surface area contributed by atoms with E-state index in [9.17, 15) is 0 Å². The van der Waals surface area contributed by atoms with E-state index in [1.807, 2.05) is 23.9 Å². The molecule has 2 aromatic carbocycles. The van der Waals surface area contributed by atoms with Crippen molar-refractivity contribution in [1.82, 2.24) is 14.8 Å². The van der Waals surface area contributed by atoms with Crippen LogP contribution in [0.25, 0.3) is 33.2 Å². The molecular formula is C16H13N3. The Hall–Kier alpha value is -2.55. The van der Waals surface area contributed by atoms with E-state index in [4.69, 9.17) is 0 Å². The standard InChI is InChI=1S/C16H13N3/c1-19-15-9-5-3-7-12(15)16(18-19)14-10-11-6-2-4-8-13(11)17-14/h2-10,17H,1H3. The van der Waals surface area contributed by atoms with E-state index in [0.717, 1.165) is 22.4 Å². The summed E-state index contributed by atoms with van der Waals surface area (Å²) in [5.74, 6) is 0. The van der Waals surface area contributed by atoms with Gasteiger partial charge in [-0.1, -0.05) is 36.4 Å². The monoisotopic (exact) mass is 247 g/mol. The molecule has 3 nitrogen and oxygen atoms in total. The predicted octanol–water partition coefficient (Wildman–Crippen LogP) is 3.72. The maximum absolute atomic E-state index is 4.64. The molecule has 2 heterocycles. The number of aromatic nitrogens is 3. The Morgan fingerprint density at radius 1 is 1.00 bits per heavy atom. The van der Waals surface area contributed by atoms with Crippen LogP contribution in [0.4, 0.5) is 0 Å². The number of H-pyrrole nitrogens is 1. The summed E-state index contributed by atoms with van der Waals surface area (Å²) in [4.78, 5) is 3.44. The Balaban J connectivity index is 2.04. The van der Waals surface area contributed by atoms with Crippen LogP contribution >= 0.6 is 0 Å². The van der Waals surface area contributed by atoms with E-state index >= 15 is 0 Å². The number of para-hydroxylation sites is 2. The van der Waals surface area contributed by atoms with Gasteiger partial charge in [0, 0.05) is 23.3 Å². The highest BCUT2D eigenvalue weighted by Crippen LogP contribution is 2.29. The molecule has 0 aliphatic heterocycles. The van der Waals surface area contributed by atoms with Crippen LogP contribution in [0.5, 0.6) is 0 Å². The van der Waals surface area contributed by atoms with Crippen molar-refractivity contribution in [3.8, 4) is 11.4 Å². The number of aromatic amines is 1. The van der Waals surface area contributed by atoms with Crippen LogP contribution in [0.15, 0.2) is 54.6 Å². The van der Waals surface area contributed by atoms with Gasteiger partial charge in [-0.25, -0.2) is 0 Å². The van der Waals surface area contributed by atoms with Crippen LogP contribution in [0.1, 0.15) is 0 Å². The summed E-state index contributed by atoms with van der Waals surface area (Å²) in [7, 11) is 1.98. The predicted molar refractivity (Wildman–Crippen MR) is 78.0 cm³/mol. The fraction of sp³-hybridized carbons (Fsp3) is 0.0625. The van der Waals surface area contributed by atoms with Crippen molar-refractivity contribution in [3.63, 3.8) is 0 Å². The SMILES string of the molecule is Cn1nc(-c2cc3ccccc3[nH]2)c2ccccc21. The van der Waals surface area contributed by atoms with E-state index in [-0.39, 0.29) is 0 Å². The number of nitrogens with one attached hydrogen (secondary N) is 1. The van der Waals surface area contributed by atoms with Gasteiger partial charge in [-0.2, -0.15) is 5.10 Å². The van der Waals surface area contributed by atoms with Gasteiger partial charge in [0.05, 0.1) is 11.2 Å². The highest BCUT2D eigenvalue weighted by Gasteiger charge is 2.11. The van der Waals surface area contributed by atoms with Crippen LogP contribution in [-0.2, 0) is 7.05 Å². The van der Waals surface area contributed by atoms with Crippen LogP contribution in [-0.4, -0.2) is 14.8 Å². The van der Waals surface area contributed by atoms with E-state index in [1.54, 1.807) is 0 Å². The summed E-state index contributed by atoms with van der Waals surface area (Å²) in [5.41, 5.74) is 4.37. The zero-order valence-electron chi connectivity index (χ0n) is 10.6. The summed E-state index contributed by atoms with van der Waals surface area (Å²) in [5, 5.41) is 7.03. The number of nitrogens with zero attached hydrogens (tertiary/aromatic N) is 2. The molecule has 4 rings (SSSR count). The largest absolute Gasteiger partial charge is 0.353 e. The molecule has 19 heavy (non-hydrogen) atoms. The molecule has 0 radical (unpaired) electrons. The van der Waals surface area contributed by atoms with Gasteiger partial charge in [-0.05, 0) is 18.2 Å². The molecule has 0 saturated carbocycles. The molecule has 0 aliphatic carbocycles. The highest BCUT2D eigenvalue weighted by molar-refractivity contribution is 5.95. The fourth-order valence-electron chi connectivity index (χ4n) is 2.61. The second kappa shape index (κ2) is 3.72. The summed E-state index contributed by atoms with van der Waals surface area (Å²) >= 11 is 0. The molecule has 1 N–H and O–H groups in total.